The van der Waals surface area contributed by atoms with E-state index in [1.54, 1.807) is 0 Å². The monoisotopic (exact) mass is 367 g/mol. The van der Waals surface area contributed by atoms with Crippen molar-refractivity contribution in [3.05, 3.63) is 80.4 Å². The molecule has 2 heterocycles. The van der Waals surface area contributed by atoms with Gasteiger partial charge in [0.2, 0.25) is 0 Å². The second-order valence-corrected chi connectivity index (χ2v) is 6.91. The topological polar surface area (TPSA) is 57.8 Å². The quantitative estimate of drug-likeness (QED) is 0.538. The molecule has 0 aliphatic rings. The highest BCUT2D eigenvalue weighted by atomic mass is 35.5. The van der Waals surface area contributed by atoms with Gasteiger partial charge in [-0.25, -0.2) is 4.98 Å². The van der Waals surface area contributed by atoms with E-state index in [0.29, 0.717) is 22.8 Å². The molecule has 0 saturated carbocycles. The van der Waals surface area contributed by atoms with Crippen molar-refractivity contribution in [2.45, 2.75) is 6.54 Å². The summed E-state index contributed by atoms with van der Waals surface area (Å²) in [5.41, 5.74) is 2.83. The molecule has 0 fully saturated rings. The number of rotatable bonds is 4. The molecule has 2 N–H and O–H groups in total. The van der Waals surface area contributed by atoms with Crippen LogP contribution in [0.3, 0.4) is 0 Å². The van der Waals surface area contributed by atoms with Crippen molar-refractivity contribution < 1.29 is 0 Å². The smallest absolute Gasteiger partial charge is 0.257 e. The highest BCUT2D eigenvalue weighted by molar-refractivity contribution is 7.10. The minimum Gasteiger partial charge on any atom is -0.377 e. The summed E-state index contributed by atoms with van der Waals surface area (Å²) in [6, 6.07) is 17.2. The number of nitrogens with one attached hydrogen (secondary N) is 2. The van der Waals surface area contributed by atoms with E-state index in [9.17, 15) is 4.79 Å². The third kappa shape index (κ3) is 3.29. The largest absolute Gasteiger partial charge is 0.377 e. The molecule has 2 aromatic carbocycles. The molecule has 6 heteroatoms. The summed E-state index contributed by atoms with van der Waals surface area (Å²) in [6.07, 6.45) is 0. The number of H-pyrrole nitrogens is 1. The Balaban J connectivity index is 1.60. The van der Waals surface area contributed by atoms with Crippen molar-refractivity contribution in [3.63, 3.8) is 0 Å². The van der Waals surface area contributed by atoms with Gasteiger partial charge in [-0.15, -0.1) is 11.3 Å². The number of anilines is 1. The molecule has 0 atom stereocenters. The molecule has 2 aromatic heterocycles. The fourth-order valence-corrected chi connectivity index (χ4v) is 3.57. The van der Waals surface area contributed by atoms with Crippen LogP contribution in [0.2, 0.25) is 5.02 Å². The first kappa shape index (κ1) is 15.9. The highest BCUT2D eigenvalue weighted by Gasteiger charge is 2.10. The lowest BCUT2D eigenvalue weighted by molar-refractivity contribution is 1.10. The molecule has 25 heavy (non-hydrogen) atoms. The Morgan fingerprint density at radius 1 is 1.12 bits per heavy atom. The van der Waals surface area contributed by atoms with E-state index < -0.39 is 0 Å². The molecule has 0 bridgehead atoms. The van der Waals surface area contributed by atoms with Crippen molar-refractivity contribution in [1.29, 1.82) is 0 Å². The first-order chi connectivity index (χ1) is 12.2. The number of halogens is 1. The zero-order valence-electron chi connectivity index (χ0n) is 13.1. The van der Waals surface area contributed by atoms with Crippen LogP contribution >= 0.6 is 22.9 Å². The summed E-state index contributed by atoms with van der Waals surface area (Å²) >= 11 is 7.66. The number of para-hydroxylation sites is 2. The Bertz CT molecular complexity index is 1100. The molecule has 4 aromatic rings. The van der Waals surface area contributed by atoms with Gasteiger partial charge in [-0.2, -0.15) is 0 Å². The van der Waals surface area contributed by atoms with Crippen molar-refractivity contribution in [3.8, 4) is 11.3 Å². The van der Waals surface area contributed by atoms with E-state index in [0.717, 1.165) is 21.6 Å². The molecule has 0 spiro atoms. The lowest BCUT2D eigenvalue weighted by Gasteiger charge is -2.05. The number of nitrogens with zero attached hydrogens (tertiary/aromatic N) is 1. The van der Waals surface area contributed by atoms with Crippen LogP contribution in [-0.4, -0.2) is 9.97 Å². The van der Waals surface area contributed by atoms with Gasteiger partial charge in [-0.05, 0) is 29.7 Å². The maximum Gasteiger partial charge on any atom is 0.257 e. The van der Waals surface area contributed by atoms with Crippen molar-refractivity contribution in [2.24, 2.45) is 0 Å². The average molecular weight is 368 g/mol. The Morgan fingerprint density at radius 3 is 2.80 bits per heavy atom. The number of pyridine rings is 1. The van der Waals surface area contributed by atoms with Gasteiger partial charge in [0.25, 0.3) is 5.56 Å². The maximum atomic E-state index is 12.3. The molecule has 124 valence electrons. The molecule has 0 aliphatic carbocycles. The van der Waals surface area contributed by atoms with E-state index in [2.05, 4.69) is 15.3 Å². The lowest BCUT2D eigenvalue weighted by Crippen LogP contribution is -2.09. The molecule has 0 aliphatic heterocycles. The van der Waals surface area contributed by atoms with Crippen LogP contribution in [0.4, 0.5) is 5.69 Å². The number of hydrogen-bond acceptors (Lipinski definition) is 4. The van der Waals surface area contributed by atoms with Crippen molar-refractivity contribution >= 4 is 39.5 Å². The number of thiazole rings is 1. The molecular weight excluding hydrogens is 354 g/mol. The van der Waals surface area contributed by atoms with Gasteiger partial charge in [0.05, 0.1) is 28.5 Å². The van der Waals surface area contributed by atoms with Crippen LogP contribution in [0, 0.1) is 0 Å². The number of fused-ring (bicyclic) bond motifs is 1. The third-order valence-corrected chi connectivity index (χ3v) is 5.06. The number of aromatic amines is 1. The van der Waals surface area contributed by atoms with Crippen LogP contribution in [0.15, 0.2) is 64.8 Å². The average Bonchev–Trinajstić information content (AvgIpc) is 3.09. The van der Waals surface area contributed by atoms with E-state index >= 15 is 0 Å². The number of aromatic nitrogens is 2. The second-order valence-electron chi connectivity index (χ2n) is 5.56. The molecular formula is C19H14ClN3OS. The molecule has 0 saturated heterocycles. The molecule has 4 nitrogen and oxygen atoms in total. The Labute approximate surface area is 153 Å². The van der Waals surface area contributed by atoms with Crippen LogP contribution in [0.25, 0.3) is 22.2 Å². The van der Waals surface area contributed by atoms with Crippen LogP contribution in [0.5, 0.6) is 0 Å². The van der Waals surface area contributed by atoms with Gasteiger partial charge in [0.1, 0.15) is 5.01 Å². The number of hydrogen-bond donors (Lipinski definition) is 2. The fourth-order valence-electron chi connectivity index (χ4n) is 2.63. The standard InChI is InChI=1S/C19H14ClN3OS/c20-14-6-2-4-8-16(14)21-10-18-22-17(11-25-18)13-9-12-5-1-3-7-15(12)23-19(13)24/h1-9,11,21H,10H2,(H,23,24). The Morgan fingerprint density at radius 2 is 1.92 bits per heavy atom. The van der Waals surface area contributed by atoms with Crippen LogP contribution < -0.4 is 10.9 Å². The van der Waals surface area contributed by atoms with E-state index in [4.69, 9.17) is 11.6 Å². The van der Waals surface area contributed by atoms with Gasteiger partial charge in [0.15, 0.2) is 0 Å². The van der Waals surface area contributed by atoms with E-state index in [1.807, 2.05) is 60.0 Å². The normalized spacial score (nSPS) is 10.9. The van der Waals surface area contributed by atoms with E-state index in [1.165, 1.54) is 11.3 Å². The summed E-state index contributed by atoms with van der Waals surface area (Å²) in [5, 5.41) is 7.72. The van der Waals surface area contributed by atoms with Crippen molar-refractivity contribution in [2.75, 3.05) is 5.32 Å². The van der Waals surface area contributed by atoms with Gasteiger partial charge in [-0.3, -0.25) is 4.79 Å². The maximum absolute atomic E-state index is 12.3. The van der Waals surface area contributed by atoms with Crippen LogP contribution in [-0.2, 0) is 6.54 Å². The zero-order valence-corrected chi connectivity index (χ0v) is 14.7. The molecule has 0 radical (unpaired) electrons. The predicted octanol–water partition coefficient (Wildman–Crippen LogP) is 4.92. The Hall–Kier alpha value is -2.63. The highest BCUT2D eigenvalue weighted by Crippen LogP contribution is 2.24. The third-order valence-electron chi connectivity index (χ3n) is 3.89. The molecule has 0 unspecified atom stereocenters. The summed E-state index contributed by atoms with van der Waals surface area (Å²) in [5.74, 6) is 0. The zero-order chi connectivity index (χ0) is 17.2. The summed E-state index contributed by atoms with van der Waals surface area (Å²) in [6.45, 7) is 0.555. The Kier molecular flexibility index (Phi) is 4.26. The summed E-state index contributed by atoms with van der Waals surface area (Å²) in [4.78, 5) is 19.8. The summed E-state index contributed by atoms with van der Waals surface area (Å²) < 4.78 is 0. The van der Waals surface area contributed by atoms with Gasteiger partial charge < -0.3 is 10.3 Å². The second kappa shape index (κ2) is 6.70. The molecule has 4 rings (SSSR count). The SMILES string of the molecule is O=c1[nH]c2ccccc2cc1-c1csc(CNc2ccccc2Cl)n1. The van der Waals surface area contributed by atoms with Gasteiger partial charge >= 0.3 is 0 Å². The lowest BCUT2D eigenvalue weighted by atomic mass is 10.1. The van der Waals surface area contributed by atoms with Crippen molar-refractivity contribution in [1.82, 2.24) is 9.97 Å². The summed E-state index contributed by atoms with van der Waals surface area (Å²) in [7, 11) is 0. The first-order valence-corrected chi connectivity index (χ1v) is 9.02. The minimum atomic E-state index is -0.130. The van der Waals surface area contributed by atoms with E-state index in [-0.39, 0.29) is 5.56 Å². The molecule has 0 amide bonds. The predicted molar refractivity (Wildman–Crippen MR) is 104 cm³/mol. The number of benzene rings is 2. The first-order valence-electron chi connectivity index (χ1n) is 7.76. The fraction of sp³-hybridized carbons (Fsp3) is 0.0526. The van der Waals surface area contributed by atoms with Gasteiger partial charge in [0, 0.05) is 10.9 Å². The van der Waals surface area contributed by atoms with Gasteiger partial charge in [-0.1, -0.05) is 41.9 Å². The minimum absolute atomic E-state index is 0.130. The van der Waals surface area contributed by atoms with Crippen LogP contribution in [0.1, 0.15) is 5.01 Å².